The average molecular weight is 296 g/mol. The van der Waals surface area contributed by atoms with Crippen LogP contribution in [0, 0.1) is 21.7 Å². The van der Waals surface area contributed by atoms with Crippen molar-refractivity contribution < 1.29 is 0 Å². The molecule has 0 radical (unpaired) electrons. The minimum atomic E-state index is 0.0217. The molecule has 2 N–H and O–H groups in total. The molecule has 21 heavy (non-hydrogen) atoms. The van der Waals surface area contributed by atoms with Gasteiger partial charge in [0.2, 0.25) is 0 Å². The minimum absolute atomic E-state index is 0.0217. The first kappa shape index (κ1) is 20.7. The van der Waals surface area contributed by atoms with Gasteiger partial charge in [0, 0.05) is 6.04 Å². The van der Waals surface area contributed by atoms with E-state index in [2.05, 4.69) is 81.4 Å². The highest BCUT2D eigenvalue weighted by atomic mass is 14.7. The van der Waals surface area contributed by atoms with Crippen molar-refractivity contribution in [2.75, 3.05) is 0 Å². The number of hydrogen-bond donors (Lipinski definition) is 1. The molecule has 0 aliphatic rings. The van der Waals surface area contributed by atoms with Gasteiger partial charge in [-0.1, -0.05) is 81.4 Å². The third-order valence-corrected chi connectivity index (χ3v) is 5.04. The quantitative estimate of drug-likeness (QED) is 0.557. The Kier molecular flexibility index (Phi) is 6.76. The van der Waals surface area contributed by atoms with Crippen LogP contribution in [0.3, 0.4) is 0 Å². The molecule has 0 rings (SSSR count). The van der Waals surface area contributed by atoms with Gasteiger partial charge in [0.15, 0.2) is 0 Å². The van der Waals surface area contributed by atoms with Crippen LogP contribution >= 0.6 is 0 Å². The van der Waals surface area contributed by atoms with E-state index >= 15 is 0 Å². The summed E-state index contributed by atoms with van der Waals surface area (Å²) >= 11 is 0. The zero-order valence-corrected chi connectivity index (χ0v) is 16.4. The van der Waals surface area contributed by atoms with E-state index in [9.17, 15) is 0 Å². The lowest BCUT2D eigenvalue weighted by Crippen LogP contribution is -2.48. The number of hydrogen-bond acceptors (Lipinski definition) is 1. The van der Waals surface area contributed by atoms with Crippen molar-refractivity contribution in [3.8, 4) is 0 Å². The van der Waals surface area contributed by atoms with Gasteiger partial charge in [-0.25, -0.2) is 0 Å². The highest BCUT2D eigenvalue weighted by molar-refractivity contribution is 5.08. The lowest BCUT2D eigenvalue weighted by atomic mass is 9.66. The zero-order chi connectivity index (χ0) is 17.1. The largest absolute Gasteiger partial charge is 0.326 e. The van der Waals surface area contributed by atoms with E-state index in [-0.39, 0.29) is 22.3 Å². The molecule has 1 atom stereocenters. The summed E-state index contributed by atoms with van der Waals surface area (Å²) in [4.78, 5) is 0. The summed E-state index contributed by atoms with van der Waals surface area (Å²) in [6.45, 7) is 22.9. The Morgan fingerprint density at radius 3 is 1.67 bits per heavy atom. The first-order valence-electron chi connectivity index (χ1n) is 8.59. The number of allylic oxidation sites excluding steroid dienone is 1. The van der Waals surface area contributed by atoms with Gasteiger partial charge in [0.1, 0.15) is 0 Å². The highest BCUT2D eigenvalue weighted by Crippen LogP contribution is 2.40. The summed E-state index contributed by atoms with van der Waals surface area (Å²) < 4.78 is 0. The van der Waals surface area contributed by atoms with Crippen LogP contribution in [-0.2, 0) is 0 Å². The Balaban J connectivity index is 4.98. The standard InChI is InChI=1S/C20H41N/c1-11-18(5,6)13-15-20(9,10)16(21)19(7,8)14-12-17(2,3)4/h13,15-16H,11-12,14,21H2,1-10H3/b15-13-. The number of nitrogens with two attached hydrogens (primary N) is 1. The molecule has 0 aromatic heterocycles. The summed E-state index contributed by atoms with van der Waals surface area (Å²) in [7, 11) is 0. The molecule has 0 fully saturated rings. The molecule has 0 spiro atoms. The molecule has 0 aromatic rings. The van der Waals surface area contributed by atoms with E-state index in [1.807, 2.05) is 0 Å². The van der Waals surface area contributed by atoms with E-state index < -0.39 is 0 Å². The molecule has 0 aliphatic heterocycles. The summed E-state index contributed by atoms with van der Waals surface area (Å²) in [5.41, 5.74) is 7.48. The van der Waals surface area contributed by atoms with Gasteiger partial charge in [-0.15, -0.1) is 0 Å². The van der Waals surface area contributed by atoms with Crippen molar-refractivity contribution >= 4 is 0 Å². The monoisotopic (exact) mass is 295 g/mol. The van der Waals surface area contributed by atoms with Crippen molar-refractivity contribution in [1.29, 1.82) is 0 Å². The smallest absolute Gasteiger partial charge is 0.0177 e. The van der Waals surface area contributed by atoms with Crippen LogP contribution in [0.4, 0.5) is 0 Å². The van der Waals surface area contributed by atoms with Crippen LogP contribution in [0.15, 0.2) is 12.2 Å². The Bertz CT molecular complexity index is 339. The predicted molar refractivity (Wildman–Crippen MR) is 97.4 cm³/mol. The molecule has 1 heteroatoms. The summed E-state index contributed by atoms with van der Waals surface area (Å²) in [5, 5.41) is 0. The van der Waals surface area contributed by atoms with Gasteiger partial charge in [-0.2, -0.15) is 0 Å². The molecule has 1 nitrogen and oxygen atoms in total. The van der Waals surface area contributed by atoms with Crippen LogP contribution in [0.5, 0.6) is 0 Å². The third-order valence-electron chi connectivity index (χ3n) is 5.04. The van der Waals surface area contributed by atoms with Gasteiger partial charge in [0.25, 0.3) is 0 Å². The zero-order valence-electron chi connectivity index (χ0n) is 16.4. The van der Waals surface area contributed by atoms with Gasteiger partial charge in [0.05, 0.1) is 0 Å². The fraction of sp³-hybridized carbons (Fsp3) is 0.900. The molecule has 0 aliphatic carbocycles. The van der Waals surface area contributed by atoms with E-state index in [4.69, 9.17) is 5.73 Å². The lowest BCUT2D eigenvalue weighted by Gasteiger charge is -2.42. The Hall–Kier alpha value is -0.300. The minimum Gasteiger partial charge on any atom is -0.326 e. The van der Waals surface area contributed by atoms with Gasteiger partial charge in [-0.3, -0.25) is 0 Å². The Morgan fingerprint density at radius 1 is 0.810 bits per heavy atom. The molecule has 0 aromatic carbocycles. The second-order valence-corrected chi connectivity index (χ2v) is 10.0. The van der Waals surface area contributed by atoms with Crippen LogP contribution in [-0.4, -0.2) is 6.04 Å². The van der Waals surface area contributed by atoms with Gasteiger partial charge < -0.3 is 5.73 Å². The summed E-state index contributed by atoms with van der Waals surface area (Å²) in [6, 6.07) is 0.163. The molecule has 0 heterocycles. The fourth-order valence-electron chi connectivity index (χ4n) is 2.52. The van der Waals surface area contributed by atoms with E-state index in [0.717, 1.165) is 6.42 Å². The fourth-order valence-corrected chi connectivity index (χ4v) is 2.52. The van der Waals surface area contributed by atoms with Crippen LogP contribution in [0.25, 0.3) is 0 Å². The molecular weight excluding hydrogens is 254 g/mol. The van der Waals surface area contributed by atoms with Crippen molar-refractivity contribution in [3.63, 3.8) is 0 Å². The maximum Gasteiger partial charge on any atom is 0.0177 e. The van der Waals surface area contributed by atoms with Crippen molar-refractivity contribution in [2.45, 2.75) is 94.5 Å². The molecular formula is C20H41N. The lowest BCUT2D eigenvalue weighted by molar-refractivity contribution is 0.149. The van der Waals surface area contributed by atoms with Crippen LogP contribution in [0.1, 0.15) is 88.5 Å². The van der Waals surface area contributed by atoms with Crippen molar-refractivity contribution in [2.24, 2.45) is 27.4 Å². The molecule has 0 saturated carbocycles. The topological polar surface area (TPSA) is 26.0 Å². The van der Waals surface area contributed by atoms with E-state index in [1.165, 1.54) is 12.8 Å². The highest BCUT2D eigenvalue weighted by Gasteiger charge is 2.37. The molecule has 0 amide bonds. The molecule has 1 unspecified atom stereocenters. The maximum absolute atomic E-state index is 6.68. The predicted octanol–water partition coefficient (Wildman–Crippen LogP) is 6.18. The Morgan fingerprint density at radius 2 is 1.29 bits per heavy atom. The van der Waals surface area contributed by atoms with Crippen molar-refractivity contribution in [3.05, 3.63) is 12.2 Å². The Labute approximate surface area is 134 Å². The van der Waals surface area contributed by atoms with Crippen LogP contribution < -0.4 is 5.73 Å². The second-order valence-electron chi connectivity index (χ2n) is 10.0. The first-order chi connectivity index (χ1) is 9.13. The molecule has 126 valence electrons. The molecule has 0 saturated heterocycles. The summed E-state index contributed by atoms with van der Waals surface area (Å²) in [6.07, 6.45) is 8.25. The SMILES string of the molecule is CCC(C)(C)/C=C\C(C)(C)C(N)C(C)(C)CCC(C)(C)C. The maximum atomic E-state index is 6.68. The van der Waals surface area contributed by atoms with Gasteiger partial charge in [-0.05, 0) is 40.9 Å². The number of rotatable bonds is 7. The normalized spacial score (nSPS) is 16.5. The molecule has 0 bridgehead atoms. The second kappa shape index (κ2) is 6.86. The third kappa shape index (κ3) is 7.49. The summed E-state index contributed by atoms with van der Waals surface area (Å²) in [5.74, 6) is 0. The van der Waals surface area contributed by atoms with E-state index in [0.29, 0.717) is 5.41 Å². The average Bonchev–Trinajstić information content (AvgIpc) is 2.33. The van der Waals surface area contributed by atoms with E-state index in [1.54, 1.807) is 0 Å². The first-order valence-corrected chi connectivity index (χ1v) is 8.59. The van der Waals surface area contributed by atoms with Gasteiger partial charge >= 0.3 is 0 Å². The van der Waals surface area contributed by atoms with Crippen LogP contribution in [0.2, 0.25) is 0 Å². The van der Waals surface area contributed by atoms with Crippen molar-refractivity contribution in [1.82, 2.24) is 0 Å².